The van der Waals surface area contributed by atoms with E-state index >= 15 is 0 Å². The molecule has 1 aliphatic rings. The lowest BCUT2D eigenvalue weighted by Gasteiger charge is -2.34. The highest BCUT2D eigenvalue weighted by molar-refractivity contribution is 5.89. The minimum atomic E-state index is -0.0775. The third kappa shape index (κ3) is 5.36. The summed E-state index contributed by atoms with van der Waals surface area (Å²) in [6, 6.07) is 19.5. The summed E-state index contributed by atoms with van der Waals surface area (Å²) >= 11 is 0. The van der Waals surface area contributed by atoms with E-state index in [1.807, 2.05) is 29.2 Å². The molecule has 1 aliphatic heterocycles. The van der Waals surface area contributed by atoms with Gasteiger partial charge in [-0.15, -0.1) is 0 Å². The maximum Gasteiger partial charge on any atom is 0.321 e. The zero-order valence-corrected chi connectivity index (χ0v) is 17.1. The Kier molecular flexibility index (Phi) is 6.25. The number of benzene rings is 2. The zero-order chi connectivity index (χ0) is 20.8. The molecule has 154 valence electrons. The van der Waals surface area contributed by atoms with Crippen LogP contribution in [0.4, 0.5) is 10.5 Å². The molecule has 1 fully saturated rings. The van der Waals surface area contributed by atoms with Crippen LogP contribution in [0.5, 0.6) is 11.5 Å². The molecule has 1 saturated heterocycles. The number of urea groups is 1. The van der Waals surface area contributed by atoms with E-state index in [-0.39, 0.29) is 6.03 Å². The van der Waals surface area contributed by atoms with Crippen molar-refractivity contribution in [3.63, 3.8) is 0 Å². The number of carbonyl (C=O) groups is 1. The SMILES string of the molecule is Cc1cccc(CN2CCN(C(=O)Nc3cccc(Oc4ccncc4)c3)CC2)c1. The summed E-state index contributed by atoms with van der Waals surface area (Å²) in [7, 11) is 0. The molecular weight excluding hydrogens is 376 g/mol. The molecule has 0 radical (unpaired) electrons. The summed E-state index contributed by atoms with van der Waals surface area (Å²) in [4.78, 5) is 20.9. The van der Waals surface area contributed by atoms with Crippen LogP contribution >= 0.6 is 0 Å². The lowest BCUT2D eigenvalue weighted by atomic mass is 10.1. The van der Waals surface area contributed by atoms with Gasteiger partial charge < -0.3 is 15.0 Å². The number of piperazine rings is 1. The number of aryl methyl sites for hydroxylation is 1. The molecule has 0 unspecified atom stereocenters. The molecule has 3 aromatic rings. The van der Waals surface area contributed by atoms with Crippen molar-refractivity contribution in [3.05, 3.63) is 84.2 Å². The molecule has 0 aliphatic carbocycles. The molecule has 2 aromatic carbocycles. The van der Waals surface area contributed by atoms with Crippen LogP contribution in [-0.4, -0.2) is 47.0 Å². The quantitative estimate of drug-likeness (QED) is 0.681. The van der Waals surface area contributed by atoms with Crippen molar-refractivity contribution in [2.24, 2.45) is 0 Å². The normalized spacial score (nSPS) is 14.4. The highest BCUT2D eigenvalue weighted by Gasteiger charge is 2.21. The standard InChI is InChI=1S/C24H26N4O2/c1-19-4-2-5-20(16-19)18-27-12-14-28(15-13-27)24(29)26-21-6-3-7-23(17-21)30-22-8-10-25-11-9-22/h2-11,16-17H,12-15,18H2,1H3,(H,26,29). The number of hydrogen-bond acceptors (Lipinski definition) is 4. The van der Waals surface area contributed by atoms with Crippen molar-refractivity contribution in [1.29, 1.82) is 0 Å². The van der Waals surface area contributed by atoms with Gasteiger partial charge in [0.05, 0.1) is 0 Å². The molecule has 2 amide bonds. The number of carbonyl (C=O) groups excluding carboxylic acids is 1. The Bertz CT molecular complexity index is 985. The summed E-state index contributed by atoms with van der Waals surface area (Å²) in [5.41, 5.74) is 3.31. The summed E-state index contributed by atoms with van der Waals surface area (Å²) < 4.78 is 5.81. The fourth-order valence-corrected chi connectivity index (χ4v) is 3.56. The Labute approximate surface area is 177 Å². The number of amides is 2. The maximum absolute atomic E-state index is 12.7. The number of aromatic nitrogens is 1. The fraction of sp³-hybridized carbons (Fsp3) is 0.250. The second kappa shape index (κ2) is 9.41. The third-order valence-electron chi connectivity index (χ3n) is 5.12. The van der Waals surface area contributed by atoms with Gasteiger partial charge in [-0.1, -0.05) is 35.9 Å². The van der Waals surface area contributed by atoms with Crippen molar-refractivity contribution in [2.45, 2.75) is 13.5 Å². The van der Waals surface area contributed by atoms with Gasteiger partial charge in [0.15, 0.2) is 0 Å². The molecule has 0 atom stereocenters. The lowest BCUT2D eigenvalue weighted by Crippen LogP contribution is -2.49. The highest BCUT2D eigenvalue weighted by atomic mass is 16.5. The molecule has 2 heterocycles. The van der Waals surface area contributed by atoms with Crippen LogP contribution in [-0.2, 0) is 6.54 Å². The number of nitrogens with zero attached hydrogens (tertiary/aromatic N) is 3. The number of pyridine rings is 1. The van der Waals surface area contributed by atoms with Gasteiger partial charge in [0, 0.05) is 56.9 Å². The van der Waals surface area contributed by atoms with Crippen LogP contribution in [0, 0.1) is 6.92 Å². The predicted molar refractivity (Wildman–Crippen MR) is 118 cm³/mol. The Balaban J connectivity index is 1.29. The first-order chi connectivity index (χ1) is 14.7. The van der Waals surface area contributed by atoms with E-state index in [0.29, 0.717) is 30.3 Å². The smallest absolute Gasteiger partial charge is 0.321 e. The molecule has 6 heteroatoms. The van der Waals surface area contributed by atoms with Crippen LogP contribution < -0.4 is 10.1 Å². The molecule has 6 nitrogen and oxygen atoms in total. The van der Waals surface area contributed by atoms with Crippen molar-refractivity contribution < 1.29 is 9.53 Å². The van der Waals surface area contributed by atoms with E-state index in [0.717, 1.165) is 19.6 Å². The largest absolute Gasteiger partial charge is 0.457 e. The van der Waals surface area contributed by atoms with Crippen LogP contribution in [0.1, 0.15) is 11.1 Å². The van der Waals surface area contributed by atoms with Gasteiger partial charge in [-0.05, 0) is 36.8 Å². The van der Waals surface area contributed by atoms with Crippen molar-refractivity contribution in [2.75, 3.05) is 31.5 Å². The number of anilines is 1. The van der Waals surface area contributed by atoms with E-state index in [4.69, 9.17) is 4.74 Å². The topological polar surface area (TPSA) is 57.7 Å². The Morgan fingerprint density at radius 1 is 0.967 bits per heavy atom. The molecule has 4 rings (SSSR count). The van der Waals surface area contributed by atoms with Crippen LogP contribution in [0.25, 0.3) is 0 Å². The van der Waals surface area contributed by atoms with Crippen molar-refractivity contribution in [3.8, 4) is 11.5 Å². The lowest BCUT2D eigenvalue weighted by molar-refractivity contribution is 0.143. The van der Waals surface area contributed by atoms with Gasteiger partial charge in [0.2, 0.25) is 0 Å². The van der Waals surface area contributed by atoms with Crippen LogP contribution in [0.3, 0.4) is 0 Å². The van der Waals surface area contributed by atoms with E-state index in [2.05, 4.69) is 46.4 Å². The molecular formula is C24H26N4O2. The second-order valence-corrected chi connectivity index (χ2v) is 7.50. The van der Waals surface area contributed by atoms with Gasteiger partial charge in [-0.25, -0.2) is 4.79 Å². The minimum absolute atomic E-state index is 0.0775. The molecule has 0 bridgehead atoms. The Hall–Kier alpha value is -3.38. The van der Waals surface area contributed by atoms with Crippen molar-refractivity contribution >= 4 is 11.7 Å². The van der Waals surface area contributed by atoms with E-state index < -0.39 is 0 Å². The summed E-state index contributed by atoms with van der Waals surface area (Å²) in [5, 5.41) is 2.99. The van der Waals surface area contributed by atoms with Gasteiger partial charge in [0.25, 0.3) is 0 Å². The number of ether oxygens (including phenoxy) is 1. The zero-order valence-electron chi connectivity index (χ0n) is 17.1. The van der Waals surface area contributed by atoms with E-state index in [1.54, 1.807) is 24.5 Å². The first kappa shape index (κ1) is 19.9. The summed E-state index contributed by atoms with van der Waals surface area (Å²) in [6.45, 7) is 6.20. The van der Waals surface area contributed by atoms with Gasteiger partial charge in [-0.2, -0.15) is 0 Å². The molecule has 30 heavy (non-hydrogen) atoms. The van der Waals surface area contributed by atoms with E-state index in [9.17, 15) is 4.79 Å². The second-order valence-electron chi connectivity index (χ2n) is 7.50. The van der Waals surface area contributed by atoms with Gasteiger partial charge >= 0.3 is 6.03 Å². The van der Waals surface area contributed by atoms with E-state index in [1.165, 1.54) is 11.1 Å². The first-order valence-corrected chi connectivity index (χ1v) is 10.2. The number of nitrogens with one attached hydrogen (secondary N) is 1. The monoisotopic (exact) mass is 402 g/mol. The Morgan fingerprint density at radius 3 is 2.50 bits per heavy atom. The van der Waals surface area contributed by atoms with Crippen LogP contribution in [0.15, 0.2) is 73.1 Å². The molecule has 0 spiro atoms. The number of hydrogen-bond donors (Lipinski definition) is 1. The molecule has 1 aromatic heterocycles. The first-order valence-electron chi connectivity index (χ1n) is 10.2. The highest BCUT2D eigenvalue weighted by Crippen LogP contribution is 2.24. The third-order valence-corrected chi connectivity index (χ3v) is 5.12. The summed E-state index contributed by atoms with van der Waals surface area (Å²) in [5.74, 6) is 1.38. The minimum Gasteiger partial charge on any atom is -0.457 e. The Morgan fingerprint density at radius 2 is 1.73 bits per heavy atom. The van der Waals surface area contributed by atoms with Gasteiger partial charge in [-0.3, -0.25) is 9.88 Å². The summed E-state index contributed by atoms with van der Waals surface area (Å²) in [6.07, 6.45) is 3.36. The predicted octanol–water partition coefficient (Wildman–Crippen LogP) is 4.53. The molecule has 1 N–H and O–H groups in total. The average molecular weight is 402 g/mol. The van der Waals surface area contributed by atoms with Gasteiger partial charge in [0.1, 0.15) is 11.5 Å². The number of rotatable bonds is 5. The average Bonchev–Trinajstić information content (AvgIpc) is 2.75. The maximum atomic E-state index is 12.7. The fourth-order valence-electron chi connectivity index (χ4n) is 3.56. The van der Waals surface area contributed by atoms with Crippen molar-refractivity contribution in [1.82, 2.24) is 14.8 Å². The molecule has 0 saturated carbocycles. The van der Waals surface area contributed by atoms with Crippen LogP contribution in [0.2, 0.25) is 0 Å².